The van der Waals surface area contributed by atoms with Gasteiger partial charge in [0.05, 0.1) is 12.6 Å². The van der Waals surface area contributed by atoms with Gasteiger partial charge in [-0.05, 0) is 20.3 Å². The minimum absolute atomic E-state index is 0.0868. The maximum atomic E-state index is 11.9. The van der Waals surface area contributed by atoms with E-state index in [1.54, 1.807) is 18.9 Å². The van der Waals surface area contributed by atoms with Crippen molar-refractivity contribution >= 4 is 12.0 Å². The fourth-order valence-corrected chi connectivity index (χ4v) is 1.56. The molecule has 0 saturated heterocycles. The molecule has 1 unspecified atom stereocenters. The molecule has 0 rings (SSSR count). The van der Waals surface area contributed by atoms with E-state index in [2.05, 4.69) is 5.32 Å². The van der Waals surface area contributed by atoms with Crippen molar-refractivity contribution in [2.24, 2.45) is 0 Å². The van der Waals surface area contributed by atoms with Gasteiger partial charge in [0.25, 0.3) is 0 Å². The van der Waals surface area contributed by atoms with Crippen LogP contribution in [0.1, 0.15) is 27.2 Å². The number of carboxylic acid groups (broad SMARTS) is 1. The second kappa shape index (κ2) is 7.89. The molecule has 0 aliphatic carbocycles. The number of ether oxygens (including phenoxy) is 1. The Morgan fingerprint density at radius 2 is 2.00 bits per heavy atom. The zero-order valence-corrected chi connectivity index (χ0v) is 10.9. The van der Waals surface area contributed by atoms with Gasteiger partial charge in [0.1, 0.15) is 6.04 Å². The molecular formula is C11H22N2O4. The third-order valence-corrected chi connectivity index (χ3v) is 2.55. The first-order chi connectivity index (χ1) is 7.97. The van der Waals surface area contributed by atoms with Crippen LogP contribution in [0, 0.1) is 0 Å². The normalized spacial score (nSPS) is 13.9. The van der Waals surface area contributed by atoms with Crippen molar-refractivity contribution in [2.45, 2.75) is 39.3 Å². The number of nitrogens with zero attached hydrogens (tertiary/aromatic N) is 1. The summed E-state index contributed by atoms with van der Waals surface area (Å²) in [6.45, 7) is 6.34. The molecule has 0 aromatic carbocycles. The first-order valence-electron chi connectivity index (χ1n) is 5.76. The van der Waals surface area contributed by atoms with Crippen molar-refractivity contribution in [3.63, 3.8) is 0 Å². The zero-order valence-electron chi connectivity index (χ0n) is 10.9. The van der Waals surface area contributed by atoms with Gasteiger partial charge in [-0.25, -0.2) is 9.59 Å². The Morgan fingerprint density at radius 1 is 1.41 bits per heavy atom. The van der Waals surface area contributed by atoms with Gasteiger partial charge in [0, 0.05) is 13.7 Å². The number of amides is 2. The summed E-state index contributed by atoms with van der Waals surface area (Å²) in [5.41, 5.74) is 0. The second-order valence-electron chi connectivity index (χ2n) is 3.84. The lowest BCUT2D eigenvalue weighted by molar-refractivity contribution is -0.139. The maximum Gasteiger partial charge on any atom is 0.326 e. The van der Waals surface area contributed by atoms with Gasteiger partial charge in [0.15, 0.2) is 0 Å². The molecule has 6 nitrogen and oxygen atoms in total. The molecule has 0 fully saturated rings. The van der Waals surface area contributed by atoms with E-state index < -0.39 is 12.0 Å². The van der Waals surface area contributed by atoms with Crippen LogP contribution in [0.4, 0.5) is 4.79 Å². The van der Waals surface area contributed by atoms with Crippen LogP contribution in [0.2, 0.25) is 0 Å². The van der Waals surface area contributed by atoms with Crippen molar-refractivity contribution in [3.05, 3.63) is 0 Å². The van der Waals surface area contributed by atoms with Crippen LogP contribution in [0.25, 0.3) is 0 Å². The predicted octanol–water partition coefficient (Wildman–Crippen LogP) is 0.916. The summed E-state index contributed by atoms with van der Waals surface area (Å²) in [7, 11) is 1.56. The molecule has 0 aliphatic rings. The monoisotopic (exact) mass is 246 g/mol. The number of urea groups is 1. The molecule has 100 valence electrons. The number of hydrogen-bond donors (Lipinski definition) is 2. The van der Waals surface area contributed by atoms with Gasteiger partial charge in [-0.1, -0.05) is 6.92 Å². The number of nitrogens with one attached hydrogen (secondary N) is 1. The minimum Gasteiger partial charge on any atom is -0.480 e. The summed E-state index contributed by atoms with van der Waals surface area (Å²) in [6.07, 6.45) is 0.358. The number of carbonyl (C=O) groups excluding carboxylic acids is 1. The number of carbonyl (C=O) groups is 2. The van der Waals surface area contributed by atoms with E-state index in [4.69, 9.17) is 9.84 Å². The van der Waals surface area contributed by atoms with Gasteiger partial charge in [-0.15, -0.1) is 0 Å². The van der Waals surface area contributed by atoms with Crippen LogP contribution in [0.3, 0.4) is 0 Å². The Morgan fingerprint density at radius 3 is 2.35 bits per heavy atom. The number of hydrogen-bond acceptors (Lipinski definition) is 3. The molecule has 0 bridgehead atoms. The van der Waals surface area contributed by atoms with Crippen molar-refractivity contribution in [3.8, 4) is 0 Å². The zero-order chi connectivity index (χ0) is 13.4. The van der Waals surface area contributed by atoms with E-state index >= 15 is 0 Å². The Bertz CT molecular complexity index is 258. The third-order valence-electron chi connectivity index (χ3n) is 2.55. The number of likely N-dealkylation sites (N-methyl/N-ethyl adjacent to an activating group) is 1. The highest BCUT2D eigenvalue weighted by Gasteiger charge is 2.23. The molecule has 2 N–H and O–H groups in total. The Balaban J connectivity index is 4.48. The number of carboxylic acids is 1. The van der Waals surface area contributed by atoms with Gasteiger partial charge in [-0.3, -0.25) is 0 Å². The van der Waals surface area contributed by atoms with Crippen LogP contribution in [0.15, 0.2) is 0 Å². The fraction of sp³-hybridized carbons (Fsp3) is 0.818. The predicted molar refractivity (Wildman–Crippen MR) is 64.0 cm³/mol. The summed E-state index contributed by atoms with van der Waals surface area (Å²) >= 11 is 0. The average Bonchev–Trinajstić information content (AvgIpc) is 2.26. The molecule has 0 heterocycles. The topological polar surface area (TPSA) is 78.9 Å². The van der Waals surface area contributed by atoms with Gasteiger partial charge in [-0.2, -0.15) is 0 Å². The molecule has 17 heavy (non-hydrogen) atoms. The van der Waals surface area contributed by atoms with Crippen molar-refractivity contribution in [1.29, 1.82) is 0 Å². The van der Waals surface area contributed by atoms with E-state index in [-0.39, 0.29) is 12.1 Å². The lowest BCUT2D eigenvalue weighted by Crippen LogP contribution is -2.51. The number of methoxy groups -OCH3 is 1. The molecule has 0 radical (unpaired) electrons. The van der Waals surface area contributed by atoms with Gasteiger partial charge >= 0.3 is 12.0 Å². The van der Waals surface area contributed by atoms with E-state index in [0.717, 1.165) is 0 Å². The molecule has 2 amide bonds. The standard InChI is InChI=1S/C11H22N2O4/c1-5-9(10(14)15)12-11(16)13(6-2)8(3)7-17-4/h8-9H,5-7H2,1-4H3,(H,12,16)(H,14,15)/t8?,9-/m0/s1. The number of aliphatic carboxylic acids is 1. The van der Waals surface area contributed by atoms with Crippen LogP contribution < -0.4 is 5.32 Å². The Labute approximate surface area is 102 Å². The highest BCUT2D eigenvalue weighted by Crippen LogP contribution is 2.02. The average molecular weight is 246 g/mol. The molecule has 0 saturated carbocycles. The summed E-state index contributed by atoms with van der Waals surface area (Å²) in [6, 6.07) is -1.30. The van der Waals surface area contributed by atoms with E-state index in [0.29, 0.717) is 19.6 Å². The van der Waals surface area contributed by atoms with Crippen molar-refractivity contribution < 1.29 is 19.4 Å². The first kappa shape index (κ1) is 15.7. The number of rotatable bonds is 7. The molecule has 0 aromatic heterocycles. The summed E-state index contributed by atoms with van der Waals surface area (Å²) < 4.78 is 4.98. The van der Waals surface area contributed by atoms with Crippen molar-refractivity contribution in [2.75, 3.05) is 20.3 Å². The summed E-state index contributed by atoms with van der Waals surface area (Å²) in [4.78, 5) is 24.2. The molecule has 2 atom stereocenters. The molecular weight excluding hydrogens is 224 g/mol. The minimum atomic E-state index is -1.02. The Kier molecular flexibility index (Phi) is 7.29. The maximum absolute atomic E-state index is 11.9. The Hall–Kier alpha value is -1.30. The highest BCUT2D eigenvalue weighted by molar-refractivity contribution is 5.82. The SMILES string of the molecule is CC[C@H](NC(=O)N(CC)C(C)COC)C(=O)O. The van der Waals surface area contributed by atoms with Crippen LogP contribution in [-0.2, 0) is 9.53 Å². The smallest absolute Gasteiger partial charge is 0.326 e. The molecule has 0 aromatic rings. The quantitative estimate of drug-likeness (QED) is 0.700. The van der Waals surface area contributed by atoms with Crippen LogP contribution in [0.5, 0.6) is 0 Å². The molecule has 0 aliphatic heterocycles. The first-order valence-corrected chi connectivity index (χ1v) is 5.76. The highest BCUT2D eigenvalue weighted by atomic mass is 16.5. The summed E-state index contributed by atoms with van der Waals surface area (Å²) in [5, 5.41) is 11.3. The molecule has 0 spiro atoms. The summed E-state index contributed by atoms with van der Waals surface area (Å²) in [5.74, 6) is -1.02. The van der Waals surface area contributed by atoms with Gasteiger partial charge < -0.3 is 20.1 Å². The van der Waals surface area contributed by atoms with Gasteiger partial charge in [0.2, 0.25) is 0 Å². The largest absolute Gasteiger partial charge is 0.480 e. The molecule has 6 heteroatoms. The van der Waals surface area contributed by atoms with E-state index in [1.165, 1.54) is 0 Å². The van der Waals surface area contributed by atoms with E-state index in [9.17, 15) is 9.59 Å². The lowest BCUT2D eigenvalue weighted by Gasteiger charge is -2.28. The van der Waals surface area contributed by atoms with Crippen LogP contribution in [-0.4, -0.2) is 54.4 Å². The fourth-order valence-electron chi connectivity index (χ4n) is 1.56. The lowest BCUT2D eigenvalue weighted by atomic mass is 10.2. The van der Waals surface area contributed by atoms with E-state index in [1.807, 2.05) is 13.8 Å². The van der Waals surface area contributed by atoms with Crippen molar-refractivity contribution in [1.82, 2.24) is 10.2 Å². The van der Waals surface area contributed by atoms with Crippen LogP contribution >= 0.6 is 0 Å². The third kappa shape index (κ3) is 5.04. The second-order valence-corrected chi connectivity index (χ2v) is 3.84.